The van der Waals surface area contributed by atoms with Crippen LogP contribution in [0.1, 0.15) is 168 Å². The van der Waals surface area contributed by atoms with Crippen LogP contribution in [0.25, 0.3) is 54.2 Å². The SMILES string of the molecule is CCCCCCCc1ccc2c(OC(=O)OCC(CC)CCCC)c3ccccc3c(-c3c4ccccc4c(OC(=O)OCC(CC)CCCC)c4ccc(CCCCCCC)cc34)c2c1. The number of hydrogen-bond acceptors (Lipinski definition) is 6. The van der Waals surface area contributed by atoms with E-state index in [1.807, 2.05) is 12.1 Å². The molecule has 6 aromatic rings. The molecular weight excluding hydrogens is 817 g/mol. The van der Waals surface area contributed by atoms with Gasteiger partial charge in [-0.15, -0.1) is 0 Å². The van der Waals surface area contributed by atoms with Gasteiger partial charge in [-0.2, -0.15) is 0 Å². The summed E-state index contributed by atoms with van der Waals surface area (Å²) in [4.78, 5) is 27.5. The first kappa shape index (κ1) is 50.3. The monoisotopic (exact) mass is 895 g/mol. The molecule has 0 bridgehead atoms. The molecule has 0 heterocycles. The van der Waals surface area contributed by atoms with Crippen molar-refractivity contribution < 1.29 is 28.5 Å². The highest BCUT2D eigenvalue weighted by atomic mass is 16.7. The predicted molar refractivity (Wildman–Crippen MR) is 277 cm³/mol. The van der Waals surface area contributed by atoms with Crippen molar-refractivity contribution in [3.8, 4) is 22.6 Å². The largest absolute Gasteiger partial charge is 0.513 e. The summed E-state index contributed by atoms with van der Waals surface area (Å²) in [5, 5.41) is 7.37. The number of ether oxygens (including phenoxy) is 4. The molecule has 0 aliphatic carbocycles. The fourth-order valence-electron chi connectivity index (χ4n) is 9.70. The standard InChI is InChI=1S/C60H78O6/c1-7-13-17-19-21-29-45-35-37-51-53(39-45)55(47-31-23-25-33-49(47)57(51)65-59(61)63-41-43(11-5)27-15-9-3)56-48-32-24-26-34-50(48)58(66-60(62)64-42-44(12-6)28-16-10-4)52-38-36-46(40-54(52)56)30-22-20-18-14-8-2/h23-26,31-40,43-44H,7-22,27-30,41-42H2,1-6H3. The lowest BCUT2D eigenvalue weighted by atomic mass is 9.84. The molecule has 2 atom stereocenters. The summed E-state index contributed by atoms with van der Waals surface area (Å²) < 4.78 is 24.5. The molecule has 6 aromatic carbocycles. The molecule has 0 saturated carbocycles. The number of hydrogen-bond donors (Lipinski definition) is 0. The zero-order valence-electron chi connectivity index (χ0n) is 41.2. The fraction of sp³-hybridized carbons (Fsp3) is 0.500. The van der Waals surface area contributed by atoms with Crippen LogP contribution in [0.4, 0.5) is 9.59 Å². The zero-order chi connectivity index (χ0) is 46.7. The van der Waals surface area contributed by atoms with Crippen LogP contribution in [-0.4, -0.2) is 25.5 Å². The van der Waals surface area contributed by atoms with E-state index in [0.29, 0.717) is 36.5 Å². The van der Waals surface area contributed by atoms with Crippen molar-refractivity contribution in [3.63, 3.8) is 0 Å². The molecule has 6 heteroatoms. The smallest absolute Gasteiger partial charge is 0.434 e. The molecular formula is C60H78O6. The minimum atomic E-state index is -0.673. The average Bonchev–Trinajstić information content (AvgIpc) is 3.34. The van der Waals surface area contributed by atoms with Gasteiger partial charge < -0.3 is 18.9 Å². The zero-order valence-corrected chi connectivity index (χ0v) is 41.2. The maximum Gasteiger partial charge on any atom is 0.513 e. The third-order valence-electron chi connectivity index (χ3n) is 13.8. The van der Waals surface area contributed by atoms with Crippen LogP contribution in [0.3, 0.4) is 0 Å². The Hall–Kier alpha value is -5.10. The van der Waals surface area contributed by atoms with Gasteiger partial charge in [-0.3, -0.25) is 0 Å². The second-order valence-electron chi connectivity index (χ2n) is 18.7. The van der Waals surface area contributed by atoms with Crippen LogP contribution in [0.5, 0.6) is 11.5 Å². The molecule has 0 radical (unpaired) electrons. The van der Waals surface area contributed by atoms with E-state index in [1.165, 1.54) is 62.5 Å². The summed E-state index contributed by atoms with van der Waals surface area (Å²) in [6, 6.07) is 30.0. The summed E-state index contributed by atoms with van der Waals surface area (Å²) in [6.07, 6.45) is 20.9. The highest BCUT2D eigenvalue weighted by Crippen LogP contribution is 2.50. The molecule has 354 valence electrons. The van der Waals surface area contributed by atoms with Gasteiger partial charge in [0, 0.05) is 21.5 Å². The van der Waals surface area contributed by atoms with Crippen molar-refractivity contribution in [2.75, 3.05) is 13.2 Å². The molecule has 0 aliphatic rings. The first-order chi connectivity index (χ1) is 32.3. The van der Waals surface area contributed by atoms with E-state index in [9.17, 15) is 9.59 Å². The molecule has 6 nitrogen and oxygen atoms in total. The van der Waals surface area contributed by atoms with E-state index in [-0.39, 0.29) is 0 Å². The topological polar surface area (TPSA) is 71.1 Å². The quantitative estimate of drug-likeness (QED) is 0.0222. The lowest BCUT2D eigenvalue weighted by Crippen LogP contribution is -2.17. The maximum atomic E-state index is 13.8. The second kappa shape index (κ2) is 26.3. The average molecular weight is 895 g/mol. The number of rotatable bonds is 27. The summed E-state index contributed by atoms with van der Waals surface area (Å²) in [5.41, 5.74) is 4.63. The predicted octanol–water partition coefficient (Wildman–Crippen LogP) is 18.5. The number of fused-ring (bicyclic) bond motifs is 4. The Labute approximate surface area is 396 Å². The van der Waals surface area contributed by atoms with Crippen LogP contribution in [-0.2, 0) is 22.3 Å². The van der Waals surface area contributed by atoms with Crippen molar-refractivity contribution in [1.29, 1.82) is 0 Å². The Morgan fingerprint density at radius 1 is 0.409 bits per heavy atom. The molecule has 0 aliphatic heterocycles. The van der Waals surface area contributed by atoms with E-state index >= 15 is 0 Å². The Morgan fingerprint density at radius 2 is 0.773 bits per heavy atom. The van der Waals surface area contributed by atoms with Crippen LogP contribution in [0.15, 0.2) is 84.9 Å². The summed E-state index contributed by atoms with van der Waals surface area (Å²) in [5.74, 6) is 1.62. The van der Waals surface area contributed by atoms with Crippen LogP contribution in [0, 0.1) is 11.8 Å². The minimum Gasteiger partial charge on any atom is -0.434 e. The normalized spacial score (nSPS) is 12.5. The second-order valence-corrected chi connectivity index (χ2v) is 18.7. The molecule has 0 fully saturated rings. The van der Waals surface area contributed by atoms with Gasteiger partial charge in [0.25, 0.3) is 0 Å². The Balaban J connectivity index is 1.57. The van der Waals surface area contributed by atoms with E-state index in [4.69, 9.17) is 18.9 Å². The van der Waals surface area contributed by atoms with E-state index in [0.717, 1.165) is 131 Å². The third kappa shape index (κ3) is 13.1. The fourth-order valence-corrected chi connectivity index (χ4v) is 9.70. The Morgan fingerprint density at radius 3 is 1.15 bits per heavy atom. The van der Waals surface area contributed by atoms with Crippen molar-refractivity contribution in [2.24, 2.45) is 11.8 Å². The lowest BCUT2D eigenvalue weighted by molar-refractivity contribution is 0.0811. The number of carbonyl (C=O) groups excluding carboxylic acids is 2. The van der Waals surface area contributed by atoms with Gasteiger partial charge >= 0.3 is 12.3 Å². The van der Waals surface area contributed by atoms with E-state index in [2.05, 4.69) is 114 Å². The van der Waals surface area contributed by atoms with Gasteiger partial charge in [-0.25, -0.2) is 9.59 Å². The van der Waals surface area contributed by atoms with Gasteiger partial charge in [0.2, 0.25) is 0 Å². The third-order valence-corrected chi connectivity index (χ3v) is 13.8. The van der Waals surface area contributed by atoms with Gasteiger partial charge in [-0.05, 0) is 94.2 Å². The number of unbranched alkanes of at least 4 members (excludes halogenated alkanes) is 10. The van der Waals surface area contributed by atoms with Crippen LogP contribution >= 0.6 is 0 Å². The molecule has 66 heavy (non-hydrogen) atoms. The minimum absolute atomic E-state index is 0.295. The molecule has 0 spiro atoms. The highest BCUT2D eigenvalue weighted by molar-refractivity contribution is 6.27. The highest BCUT2D eigenvalue weighted by Gasteiger charge is 2.26. The molecule has 0 aromatic heterocycles. The van der Waals surface area contributed by atoms with E-state index < -0.39 is 12.3 Å². The van der Waals surface area contributed by atoms with Crippen molar-refractivity contribution in [2.45, 2.75) is 170 Å². The maximum absolute atomic E-state index is 13.8. The summed E-state index contributed by atoms with van der Waals surface area (Å²) >= 11 is 0. The van der Waals surface area contributed by atoms with Gasteiger partial charge in [-0.1, -0.05) is 216 Å². The first-order valence-electron chi connectivity index (χ1n) is 26.0. The molecule has 2 unspecified atom stereocenters. The number of aryl methyl sites for hydroxylation is 2. The molecule has 6 rings (SSSR count). The van der Waals surface area contributed by atoms with Gasteiger partial charge in [0.05, 0.1) is 13.2 Å². The molecule has 0 amide bonds. The van der Waals surface area contributed by atoms with Gasteiger partial charge in [0.15, 0.2) is 0 Å². The number of carbonyl (C=O) groups is 2. The van der Waals surface area contributed by atoms with Crippen molar-refractivity contribution >= 4 is 55.4 Å². The Kier molecular flexibility index (Phi) is 20.0. The summed E-state index contributed by atoms with van der Waals surface area (Å²) in [7, 11) is 0. The van der Waals surface area contributed by atoms with Crippen LogP contribution < -0.4 is 9.47 Å². The van der Waals surface area contributed by atoms with Crippen molar-refractivity contribution in [3.05, 3.63) is 96.1 Å². The first-order valence-corrected chi connectivity index (χ1v) is 26.0. The summed E-state index contributed by atoms with van der Waals surface area (Å²) in [6.45, 7) is 13.9. The van der Waals surface area contributed by atoms with Crippen LogP contribution in [0.2, 0.25) is 0 Å². The number of benzene rings is 6. The Bertz CT molecular complexity index is 2310. The molecule has 0 saturated heterocycles. The van der Waals surface area contributed by atoms with E-state index in [1.54, 1.807) is 0 Å². The lowest BCUT2D eigenvalue weighted by Gasteiger charge is -2.22. The molecule has 0 N–H and O–H groups in total. The van der Waals surface area contributed by atoms with Gasteiger partial charge in [0.1, 0.15) is 11.5 Å². The van der Waals surface area contributed by atoms with Crippen molar-refractivity contribution in [1.82, 2.24) is 0 Å².